The maximum atomic E-state index is 10.5. The molecule has 3 heteroatoms. The fraction of sp³-hybridized carbons (Fsp3) is 0.625. The van der Waals surface area contributed by atoms with Crippen LogP contribution in [0.4, 0.5) is 0 Å². The Kier molecular flexibility index (Phi) is 4.83. The summed E-state index contributed by atoms with van der Waals surface area (Å²) in [6.07, 6.45) is 5.49. The summed E-state index contributed by atoms with van der Waals surface area (Å²) in [6, 6.07) is 5.61. The lowest BCUT2D eigenvalue weighted by Crippen LogP contribution is -2.34. The molecule has 1 fully saturated rings. The smallest absolute Gasteiger partial charge is 0.121 e. The SMILES string of the molecule is COc1ccc([C@H](N)[C@H](O)C2CCCCC2)cc1C. The van der Waals surface area contributed by atoms with Crippen molar-refractivity contribution in [2.24, 2.45) is 11.7 Å². The first-order valence-corrected chi connectivity index (χ1v) is 7.21. The van der Waals surface area contributed by atoms with Gasteiger partial charge in [-0.2, -0.15) is 0 Å². The van der Waals surface area contributed by atoms with E-state index < -0.39 is 6.10 Å². The van der Waals surface area contributed by atoms with E-state index in [2.05, 4.69) is 0 Å². The normalized spacial score (nSPS) is 20.0. The lowest BCUT2D eigenvalue weighted by molar-refractivity contribution is 0.0618. The van der Waals surface area contributed by atoms with Gasteiger partial charge in [0, 0.05) is 0 Å². The number of hydrogen-bond acceptors (Lipinski definition) is 3. The molecule has 0 radical (unpaired) electrons. The van der Waals surface area contributed by atoms with E-state index in [4.69, 9.17) is 10.5 Å². The number of hydrogen-bond donors (Lipinski definition) is 2. The molecule has 1 aromatic carbocycles. The van der Waals surface area contributed by atoms with Crippen molar-refractivity contribution in [1.82, 2.24) is 0 Å². The monoisotopic (exact) mass is 263 g/mol. The third-order valence-corrected chi connectivity index (χ3v) is 4.30. The van der Waals surface area contributed by atoms with Crippen molar-refractivity contribution in [2.45, 2.75) is 51.2 Å². The van der Waals surface area contributed by atoms with Gasteiger partial charge in [-0.25, -0.2) is 0 Å². The molecular weight excluding hydrogens is 238 g/mol. The van der Waals surface area contributed by atoms with Crippen LogP contribution < -0.4 is 10.5 Å². The molecule has 0 amide bonds. The van der Waals surface area contributed by atoms with E-state index in [1.165, 1.54) is 19.3 Å². The Labute approximate surface area is 115 Å². The zero-order valence-corrected chi connectivity index (χ0v) is 11.9. The Bertz CT molecular complexity index is 413. The maximum absolute atomic E-state index is 10.5. The van der Waals surface area contributed by atoms with Crippen molar-refractivity contribution in [3.63, 3.8) is 0 Å². The molecule has 106 valence electrons. The van der Waals surface area contributed by atoms with Crippen LogP contribution in [0.3, 0.4) is 0 Å². The molecule has 1 saturated carbocycles. The van der Waals surface area contributed by atoms with Crippen LogP contribution in [0, 0.1) is 12.8 Å². The zero-order valence-electron chi connectivity index (χ0n) is 11.9. The summed E-state index contributed by atoms with van der Waals surface area (Å²) >= 11 is 0. The minimum Gasteiger partial charge on any atom is -0.496 e. The molecule has 2 atom stereocenters. The van der Waals surface area contributed by atoms with Gasteiger partial charge < -0.3 is 15.6 Å². The van der Waals surface area contributed by atoms with Crippen molar-refractivity contribution >= 4 is 0 Å². The van der Waals surface area contributed by atoms with Gasteiger partial charge in [-0.3, -0.25) is 0 Å². The molecule has 1 aliphatic rings. The first kappa shape index (κ1) is 14.4. The number of methoxy groups -OCH3 is 1. The average Bonchev–Trinajstić information content (AvgIpc) is 2.46. The first-order chi connectivity index (χ1) is 9.13. The van der Waals surface area contributed by atoms with Crippen molar-refractivity contribution in [3.8, 4) is 5.75 Å². The van der Waals surface area contributed by atoms with Crippen molar-refractivity contribution < 1.29 is 9.84 Å². The van der Waals surface area contributed by atoms with Crippen LogP contribution in [0.1, 0.15) is 49.3 Å². The minimum absolute atomic E-state index is 0.298. The van der Waals surface area contributed by atoms with Crippen LogP contribution >= 0.6 is 0 Å². The summed E-state index contributed by atoms with van der Waals surface area (Å²) < 4.78 is 5.25. The molecule has 0 heterocycles. The van der Waals surface area contributed by atoms with E-state index >= 15 is 0 Å². The predicted octanol–water partition coefficient (Wildman–Crippen LogP) is 2.94. The summed E-state index contributed by atoms with van der Waals surface area (Å²) in [6.45, 7) is 2.00. The number of rotatable bonds is 4. The Morgan fingerprint density at radius 3 is 2.53 bits per heavy atom. The van der Waals surface area contributed by atoms with E-state index in [0.717, 1.165) is 29.7 Å². The standard InChI is InChI=1S/C16H25NO2/c1-11-10-13(8-9-14(11)19-2)15(17)16(18)12-6-4-3-5-7-12/h8-10,12,15-16,18H,3-7,17H2,1-2H3/t15-,16+/m0/s1. The Hall–Kier alpha value is -1.06. The molecule has 1 aromatic rings. The van der Waals surface area contributed by atoms with Crippen LogP contribution in [0.5, 0.6) is 5.75 Å². The van der Waals surface area contributed by atoms with Crippen LogP contribution in [0.25, 0.3) is 0 Å². The lowest BCUT2D eigenvalue weighted by Gasteiger charge is -2.30. The summed E-state index contributed by atoms with van der Waals surface area (Å²) in [5.74, 6) is 1.22. The van der Waals surface area contributed by atoms with Gasteiger partial charge in [-0.1, -0.05) is 31.4 Å². The van der Waals surface area contributed by atoms with Gasteiger partial charge >= 0.3 is 0 Å². The van der Waals surface area contributed by atoms with Gasteiger partial charge in [0.05, 0.1) is 19.3 Å². The van der Waals surface area contributed by atoms with Gasteiger partial charge in [0.25, 0.3) is 0 Å². The molecule has 3 N–H and O–H groups in total. The first-order valence-electron chi connectivity index (χ1n) is 7.21. The fourth-order valence-electron chi connectivity index (χ4n) is 3.08. The quantitative estimate of drug-likeness (QED) is 0.878. The van der Waals surface area contributed by atoms with Crippen molar-refractivity contribution in [2.75, 3.05) is 7.11 Å². The van der Waals surface area contributed by atoms with Crippen molar-refractivity contribution in [1.29, 1.82) is 0 Å². The second-order valence-corrected chi connectivity index (χ2v) is 5.64. The number of aryl methyl sites for hydroxylation is 1. The van der Waals surface area contributed by atoms with Crippen LogP contribution in [0.2, 0.25) is 0 Å². The maximum Gasteiger partial charge on any atom is 0.121 e. The number of nitrogens with two attached hydrogens (primary N) is 1. The van der Waals surface area contributed by atoms with Gasteiger partial charge in [0.2, 0.25) is 0 Å². The summed E-state index contributed by atoms with van der Waals surface area (Å²) in [5.41, 5.74) is 8.30. The molecule has 3 nitrogen and oxygen atoms in total. The number of benzene rings is 1. The van der Waals surface area contributed by atoms with Gasteiger partial charge in [-0.15, -0.1) is 0 Å². The van der Waals surface area contributed by atoms with Gasteiger partial charge in [-0.05, 0) is 42.9 Å². The zero-order chi connectivity index (χ0) is 13.8. The highest BCUT2D eigenvalue weighted by Gasteiger charge is 2.27. The summed E-state index contributed by atoms with van der Waals surface area (Å²) in [7, 11) is 1.67. The molecule has 0 aliphatic heterocycles. The summed E-state index contributed by atoms with van der Waals surface area (Å²) in [4.78, 5) is 0. The van der Waals surface area contributed by atoms with Crippen LogP contribution in [0.15, 0.2) is 18.2 Å². The molecule has 1 aliphatic carbocycles. The number of aliphatic hydroxyl groups is 1. The van der Waals surface area contributed by atoms with E-state index in [-0.39, 0.29) is 6.04 Å². The topological polar surface area (TPSA) is 55.5 Å². The molecule has 19 heavy (non-hydrogen) atoms. The Morgan fingerprint density at radius 2 is 1.95 bits per heavy atom. The molecule has 2 rings (SSSR count). The highest BCUT2D eigenvalue weighted by Crippen LogP contribution is 2.32. The van der Waals surface area contributed by atoms with E-state index in [1.807, 2.05) is 25.1 Å². The summed E-state index contributed by atoms with van der Waals surface area (Å²) in [5, 5.41) is 10.5. The fourth-order valence-corrected chi connectivity index (χ4v) is 3.08. The third-order valence-electron chi connectivity index (χ3n) is 4.30. The average molecular weight is 263 g/mol. The van der Waals surface area contributed by atoms with Gasteiger partial charge in [0.15, 0.2) is 0 Å². The second-order valence-electron chi connectivity index (χ2n) is 5.64. The number of ether oxygens (including phenoxy) is 1. The molecule has 0 aromatic heterocycles. The highest BCUT2D eigenvalue weighted by atomic mass is 16.5. The Balaban J connectivity index is 2.09. The predicted molar refractivity (Wildman–Crippen MR) is 77.2 cm³/mol. The second kappa shape index (κ2) is 6.40. The van der Waals surface area contributed by atoms with E-state index in [1.54, 1.807) is 7.11 Å². The number of aliphatic hydroxyl groups excluding tert-OH is 1. The largest absolute Gasteiger partial charge is 0.496 e. The van der Waals surface area contributed by atoms with Crippen molar-refractivity contribution in [3.05, 3.63) is 29.3 Å². The molecule has 0 saturated heterocycles. The molecule has 0 spiro atoms. The lowest BCUT2D eigenvalue weighted by atomic mass is 9.81. The Morgan fingerprint density at radius 1 is 1.26 bits per heavy atom. The van der Waals surface area contributed by atoms with Crippen LogP contribution in [-0.4, -0.2) is 18.3 Å². The molecule has 0 bridgehead atoms. The van der Waals surface area contributed by atoms with Crippen LogP contribution in [-0.2, 0) is 0 Å². The van der Waals surface area contributed by atoms with E-state index in [9.17, 15) is 5.11 Å². The highest BCUT2D eigenvalue weighted by molar-refractivity contribution is 5.37. The third kappa shape index (κ3) is 3.28. The minimum atomic E-state index is -0.437. The molecule has 0 unspecified atom stereocenters. The molecular formula is C16H25NO2. The van der Waals surface area contributed by atoms with E-state index in [0.29, 0.717) is 5.92 Å². The van der Waals surface area contributed by atoms with Gasteiger partial charge in [0.1, 0.15) is 5.75 Å².